The van der Waals surface area contributed by atoms with Gasteiger partial charge < -0.3 is 13.9 Å². The molecular formula is C14H21NO4. The Balaban J connectivity index is 2.22. The first-order chi connectivity index (χ1) is 8.96. The Labute approximate surface area is 113 Å². The first-order valence-corrected chi connectivity index (χ1v) is 6.68. The Hall–Kier alpha value is -1.36. The number of carbonyl (C=O) groups is 1. The molecule has 1 saturated carbocycles. The van der Waals surface area contributed by atoms with Crippen LogP contribution in [0.3, 0.4) is 0 Å². The van der Waals surface area contributed by atoms with Crippen molar-refractivity contribution in [3.8, 4) is 0 Å². The molecule has 1 aliphatic rings. The highest BCUT2D eigenvalue weighted by molar-refractivity contribution is 5.87. The lowest BCUT2D eigenvalue weighted by atomic mass is 10.1. The van der Waals surface area contributed by atoms with Crippen molar-refractivity contribution < 1.29 is 18.7 Å². The fraction of sp³-hybridized carbons (Fsp3) is 0.714. The van der Waals surface area contributed by atoms with E-state index in [2.05, 4.69) is 4.98 Å². The van der Waals surface area contributed by atoms with E-state index in [1.165, 1.54) is 0 Å². The Morgan fingerprint density at radius 1 is 1.47 bits per heavy atom. The average molecular weight is 267 g/mol. The number of nitrogens with zero attached hydrogens (tertiary/aromatic N) is 1. The van der Waals surface area contributed by atoms with Gasteiger partial charge in [-0.3, -0.25) is 0 Å². The highest BCUT2D eigenvalue weighted by Crippen LogP contribution is 2.41. The van der Waals surface area contributed by atoms with Crippen molar-refractivity contribution >= 4 is 5.97 Å². The van der Waals surface area contributed by atoms with Crippen LogP contribution < -0.4 is 0 Å². The summed E-state index contributed by atoms with van der Waals surface area (Å²) in [5.74, 6) is 0.740. The standard InChI is InChI=1S/C14H21NO4/c1-5-18-13(16)12-11(9-6-7-9)15-10(19-12)8-14(2,3)17-4/h9H,5-8H2,1-4H3. The molecule has 0 aliphatic heterocycles. The molecular weight excluding hydrogens is 246 g/mol. The molecule has 1 fully saturated rings. The van der Waals surface area contributed by atoms with Crippen LogP contribution in [-0.4, -0.2) is 30.3 Å². The molecule has 0 bridgehead atoms. The fourth-order valence-corrected chi connectivity index (χ4v) is 1.87. The molecule has 5 nitrogen and oxygen atoms in total. The van der Waals surface area contributed by atoms with Crippen LogP contribution in [0.1, 0.15) is 61.7 Å². The maximum Gasteiger partial charge on any atom is 0.376 e. The minimum absolute atomic E-state index is 0.270. The molecule has 0 aromatic carbocycles. The lowest BCUT2D eigenvalue weighted by Gasteiger charge is -2.20. The van der Waals surface area contributed by atoms with Crippen LogP contribution in [-0.2, 0) is 15.9 Å². The van der Waals surface area contributed by atoms with Gasteiger partial charge in [-0.15, -0.1) is 0 Å². The molecule has 1 aromatic rings. The van der Waals surface area contributed by atoms with Crippen molar-refractivity contribution in [3.05, 3.63) is 17.3 Å². The molecule has 0 N–H and O–H groups in total. The SMILES string of the molecule is CCOC(=O)c1oc(CC(C)(C)OC)nc1C1CC1. The Bertz CT molecular complexity index is 460. The number of hydrogen-bond donors (Lipinski definition) is 0. The first kappa shape index (κ1) is 14.1. The molecule has 0 radical (unpaired) electrons. The summed E-state index contributed by atoms with van der Waals surface area (Å²) < 4.78 is 16.0. The van der Waals surface area contributed by atoms with E-state index < -0.39 is 5.97 Å². The third-order valence-corrected chi connectivity index (χ3v) is 3.25. The zero-order valence-electron chi connectivity index (χ0n) is 12.0. The van der Waals surface area contributed by atoms with Crippen LogP contribution in [0.15, 0.2) is 4.42 Å². The molecule has 5 heteroatoms. The number of oxazole rings is 1. The fourth-order valence-electron chi connectivity index (χ4n) is 1.87. The van der Waals surface area contributed by atoms with Crippen LogP contribution in [0, 0.1) is 0 Å². The summed E-state index contributed by atoms with van der Waals surface area (Å²) in [5.41, 5.74) is 0.387. The highest BCUT2D eigenvalue weighted by atomic mass is 16.5. The maximum absolute atomic E-state index is 11.9. The zero-order chi connectivity index (χ0) is 14.0. The molecule has 0 spiro atoms. The van der Waals surface area contributed by atoms with E-state index in [9.17, 15) is 4.79 Å². The van der Waals surface area contributed by atoms with E-state index in [1.807, 2.05) is 13.8 Å². The topological polar surface area (TPSA) is 61.6 Å². The molecule has 106 valence electrons. The second-order valence-electron chi connectivity index (χ2n) is 5.46. The molecule has 0 unspecified atom stereocenters. The average Bonchev–Trinajstić information content (AvgIpc) is 3.11. The van der Waals surface area contributed by atoms with Crippen molar-refractivity contribution in [2.45, 2.75) is 51.6 Å². The smallest absolute Gasteiger partial charge is 0.376 e. The molecule has 1 aliphatic carbocycles. The van der Waals surface area contributed by atoms with Gasteiger partial charge in [0.2, 0.25) is 5.76 Å². The number of esters is 1. The Morgan fingerprint density at radius 2 is 2.16 bits per heavy atom. The van der Waals surface area contributed by atoms with Crippen molar-refractivity contribution in [1.29, 1.82) is 0 Å². The van der Waals surface area contributed by atoms with Crippen molar-refractivity contribution in [3.63, 3.8) is 0 Å². The van der Waals surface area contributed by atoms with Gasteiger partial charge in [-0.1, -0.05) is 0 Å². The van der Waals surface area contributed by atoms with E-state index in [0.717, 1.165) is 18.5 Å². The highest BCUT2D eigenvalue weighted by Gasteiger charge is 2.35. The summed E-state index contributed by atoms with van der Waals surface area (Å²) in [6, 6.07) is 0. The number of aromatic nitrogens is 1. The minimum Gasteiger partial charge on any atom is -0.460 e. The summed E-state index contributed by atoms with van der Waals surface area (Å²) in [4.78, 5) is 16.3. The second kappa shape index (κ2) is 5.33. The van der Waals surface area contributed by atoms with Gasteiger partial charge in [0.05, 0.1) is 24.3 Å². The Kier molecular flexibility index (Phi) is 3.94. The Morgan fingerprint density at radius 3 is 2.68 bits per heavy atom. The van der Waals surface area contributed by atoms with Gasteiger partial charge >= 0.3 is 5.97 Å². The third kappa shape index (κ3) is 3.35. The largest absolute Gasteiger partial charge is 0.460 e. The summed E-state index contributed by atoms with van der Waals surface area (Å²) in [7, 11) is 1.65. The summed E-state index contributed by atoms with van der Waals surface area (Å²) in [6.07, 6.45) is 2.65. The summed E-state index contributed by atoms with van der Waals surface area (Å²) in [6.45, 7) is 6.03. The van der Waals surface area contributed by atoms with E-state index in [-0.39, 0.29) is 11.4 Å². The van der Waals surface area contributed by atoms with Gasteiger partial charge in [0.15, 0.2) is 5.89 Å². The molecule has 0 saturated heterocycles. The summed E-state index contributed by atoms with van der Waals surface area (Å²) in [5, 5.41) is 0. The summed E-state index contributed by atoms with van der Waals surface area (Å²) >= 11 is 0. The van der Waals surface area contributed by atoms with E-state index in [1.54, 1.807) is 14.0 Å². The number of hydrogen-bond acceptors (Lipinski definition) is 5. The van der Waals surface area contributed by atoms with Gasteiger partial charge in [0.25, 0.3) is 0 Å². The van der Waals surface area contributed by atoms with Crippen LogP contribution in [0.25, 0.3) is 0 Å². The van der Waals surface area contributed by atoms with Gasteiger partial charge in [-0.2, -0.15) is 0 Å². The van der Waals surface area contributed by atoms with Crippen molar-refractivity contribution in [1.82, 2.24) is 4.98 Å². The zero-order valence-corrected chi connectivity index (χ0v) is 12.0. The number of carbonyl (C=O) groups excluding carboxylic acids is 1. The number of rotatable bonds is 6. The minimum atomic E-state index is -0.418. The quantitative estimate of drug-likeness (QED) is 0.741. The first-order valence-electron chi connectivity index (χ1n) is 6.68. The lowest BCUT2D eigenvalue weighted by Crippen LogP contribution is -2.25. The third-order valence-electron chi connectivity index (χ3n) is 3.25. The second-order valence-corrected chi connectivity index (χ2v) is 5.46. The molecule has 1 heterocycles. The predicted molar refractivity (Wildman–Crippen MR) is 69.2 cm³/mol. The molecule has 0 amide bonds. The molecule has 0 atom stereocenters. The van der Waals surface area contributed by atoms with Crippen molar-refractivity contribution in [2.24, 2.45) is 0 Å². The monoisotopic (exact) mass is 267 g/mol. The molecule has 2 rings (SSSR count). The molecule has 19 heavy (non-hydrogen) atoms. The van der Waals surface area contributed by atoms with E-state index >= 15 is 0 Å². The van der Waals surface area contributed by atoms with Gasteiger partial charge in [0, 0.05) is 13.0 Å². The van der Waals surface area contributed by atoms with Crippen LogP contribution in [0.2, 0.25) is 0 Å². The van der Waals surface area contributed by atoms with Gasteiger partial charge in [0.1, 0.15) is 0 Å². The van der Waals surface area contributed by atoms with Crippen LogP contribution in [0.4, 0.5) is 0 Å². The van der Waals surface area contributed by atoms with Crippen LogP contribution in [0.5, 0.6) is 0 Å². The van der Waals surface area contributed by atoms with Gasteiger partial charge in [-0.25, -0.2) is 9.78 Å². The normalized spacial score (nSPS) is 15.6. The van der Waals surface area contributed by atoms with Crippen molar-refractivity contribution in [2.75, 3.05) is 13.7 Å². The van der Waals surface area contributed by atoms with Gasteiger partial charge in [-0.05, 0) is 33.6 Å². The van der Waals surface area contributed by atoms with E-state index in [0.29, 0.717) is 24.8 Å². The number of methoxy groups -OCH3 is 1. The number of ether oxygens (including phenoxy) is 2. The molecule has 1 aromatic heterocycles. The van der Waals surface area contributed by atoms with Crippen LogP contribution >= 0.6 is 0 Å². The lowest BCUT2D eigenvalue weighted by molar-refractivity contribution is 0.0173. The maximum atomic E-state index is 11.9. The van der Waals surface area contributed by atoms with E-state index in [4.69, 9.17) is 13.9 Å². The predicted octanol–water partition coefficient (Wildman–Crippen LogP) is 2.70.